The number of ether oxygens (including phenoxy) is 1. The van der Waals surface area contributed by atoms with E-state index in [1.807, 2.05) is 52.8 Å². The highest BCUT2D eigenvalue weighted by Gasteiger charge is 2.23. The van der Waals surface area contributed by atoms with Gasteiger partial charge in [0.15, 0.2) is 5.75 Å². The van der Waals surface area contributed by atoms with Crippen molar-refractivity contribution in [3.8, 4) is 5.75 Å². The van der Waals surface area contributed by atoms with E-state index in [-0.39, 0.29) is 17.1 Å². The van der Waals surface area contributed by atoms with Crippen LogP contribution in [-0.2, 0) is 5.41 Å². The van der Waals surface area contributed by atoms with Gasteiger partial charge in [-0.05, 0) is 65.2 Å². The van der Waals surface area contributed by atoms with E-state index in [1.165, 1.54) is 4.68 Å². The van der Waals surface area contributed by atoms with E-state index in [2.05, 4.69) is 37.0 Å². The minimum absolute atomic E-state index is 0.0456. The average Bonchev–Trinajstić information content (AvgIpc) is 2.69. The highest BCUT2D eigenvalue weighted by Crippen LogP contribution is 2.35. The highest BCUT2D eigenvalue weighted by atomic mass is 79.9. The molecule has 0 amide bonds. The molecule has 1 heterocycles. The van der Waals surface area contributed by atoms with Gasteiger partial charge >= 0.3 is 0 Å². The van der Waals surface area contributed by atoms with Crippen molar-refractivity contribution in [3.63, 3.8) is 0 Å². The molecular weight excluding hydrogens is 546 g/mol. The summed E-state index contributed by atoms with van der Waals surface area (Å²) < 4.78 is 8.79. The van der Waals surface area contributed by atoms with Crippen LogP contribution in [0.1, 0.15) is 52.4 Å². The monoisotopic (exact) mass is 567 g/mol. The first-order valence-electron chi connectivity index (χ1n) is 9.94. The summed E-state index contributed by atoms with van der Waals surface area (Å²) in [5.41, 5.74) is 0.759. The minimum Gasteiger partial charge on any atom is -0.488 e. The normalized spacial score (nSPS) is 13.2. The summed E-state index contributed by atoms with van der Waals surface area (Å²) in [5, 5.41) is 5.46. The maximum Gasteiger partial charge on any atom is 0.282 e. The molecule has 0 aliphatic carbocycles. The van der Waals surface area contributed by atoms with Gasteiger partial charge in [0.1, 0.15) is 5.82 Å². The molecule has 1 atom stereocenters. The number of rotatable bonds is 5. The number of hydrogen-bond donors (Lipinski definition) is 0. The fourth-order valence-electron chi connectivity index (χ4n) is 2.92. The molecule has 5 nitrogen and oxygen atoms in total. The van der Waals surface area contributed by atoms with Gasteiger partial charge in [0.2, 0.25) is 0 Å². The number of aromatic nitrogens is 2. The topological polar surface area (TPSA) is 56.5 Å². The fourth-order valence-corrected chi connectivity index (χ4v) is 4.24. The Morgan fingerprint density at radius 2 is 1.97 bits per heavy atom. The summed E-state index contributed by atoms with van der Waals surface area (Å²) in [6.45, 7) is 10.0. The lowest BCUT2D eigenvalue weighted by atomic mass is 9.95. The second-order valence-corrected chi connectivity index (χ2v) is 10.5. The lowest BCUT2D eigenvalue weighted by Crippen LogP contribution is -2.29. The first-order valence-corrected chi connectivity index (χ1v) is 11.9. The number of fused-ring (bicyclic) bond motifs is 1. The van der Waals surface area contributed by atoms with Gasteiger partial charge in [-0.2, -0.15) is 9.78 Å². The smallest absolute Gasteiger partial charge is 0.282 e. The Kier molecular flexibility index (Phi) is 7.28. The molecule has 0 N–H and O–H groups in total. The van der Waals surface area contributed by atoms with E-state index in [1.54, 1.807) is 18.3 Å². The van der Waals surface area contributed by atoms with E-state index in [4.69, 9.17) is 21.3 Å². The zero-order chi connectivity index (χ0) is 22.9. The number of benzene rings is 2. The molecule has 0 spiro atoms. The molecule has 0 bridgehead atoms. The molecule has 164 valence electrons. The SMILES string of the molecule is CC[C@@H](C)Oc1c(Cl)cc(C=Nn2c(C(C)(C)C)nc3ccc(Br)cc3c2=O)cc1Br. The van der Waals surface area contributed by atoms with Crippen molar-refractivity contribution in [1.82, 2.24) is 9.66 Å². The molecule has 3 aromatic rings. The van der Waals surface area contributed by atoms with Crippen molar-refractivity contribution in [3.05, 3.63) is 66.0 Å². The molecule has 0 aliphatic rings. The van der Waals surface area contributed by atoms with Crippen LogP contribution in [-0.4, -0.2) is 22.0 Å². The molecule has 0 unspecified atom stereocenters. The van der Waals surface area contributed by atoms with Crippen LogP contribution in [0, 0.1) is 0 Å². The number of hydrogen-bond acceptors (Lipinski definition) is 4. The van der Waals surface area contributed by atoms with Crippen LogP contribution in [0.4, 0.5) is 0 Å². The van der Waals surface area contributed by atoms with Crippen molar-refractivity contribution in [2.45, 2.75) is 52.6 Å². The first-order chi connectivity index (χ1) is 14.5. The lowest BCUT2D eigenvalue weighted by Gasteiger charge is -2.21. The van der Waals surface area contributed by atoms with Crippen molar-refractivity contribution < 1.29 is 4.74 Å². The quantitative estimate of drug-likeness (QED) is 0.313. The van der Waals surface area contributed by atoms with Crippen LogP contribution in [0.2, 0.25) is 5.02 Å². The highest BCUT2D eigenvalue weighted by molar-refractivity contribution is 9.10. The Hall–Kier alpha value is -1.70. The predicted octanol–water partition coefficient (Wildman–Crippen LogP) is 6.93. The van der Waals surface area contributed by atoms with Crippen LogP contribution in [0.3, 0.4) is 0 Å². The molecule has 31 heavy (non-hydrogen) atoms. The Labute approximate surface area is 203 Å². The molecule has 3 rings (SSSR count). The summed E-state index contributed by atoms with van der Waals surface area (Å²) in [7, 11) is 0. The van der Waals surface area contributed by atoms with Gasteiger partial charge < -0.3 is 4.74 Å². The molecule has 8 heteroatoms. The van der Waals surface area contributed by atoms with Crippen LogP contribution in [0.15, 0.2) is 49.2 Å². The van der Waals surface area contributed by atoms with E-state index >= 15 is 0 Å². The van der Waals surface area contributed by atoms with Crippen LogP contribution in [0.25, 0.3) is 10.9 Å². The zero-order valence-corrected chi connectivity index (χ0v) is 22.0. The van der Waals surface area contributed by atoms with Crippen LogP contribution >= 0.6 is 43.5 Å². The lowest BCUT2D eigenvalue weighted by molar-refractivity contribution is 0.216. The van der Waals surface area contributed by atoms with Gasteiger partial charge in [-0.25, -0.2) is 4.98 Å². The zero-order valence-electron chi connectivity index (χ0n) is 18.0. The molecule has 1 aromatic heterocycles. The largest absolute Gasteiger partial charge is 0.488 e. The van der Waals surface area contributed by atoms with Gasteiger partial charge in [-0.15, -0.1) is 0 Å². The summed E-state index contributed by atoms with van der Waals surface area (Å²) >= 11 is 13.4. The van der Waals surface area contributed by atoms with Crippen molar-refractivity contribution in [2.24, 2.45) is 5.10 Å². The summed E-state index contributed by atoms with van der Waals surface area (Å²) in [6.07, 6.45) is 2.52. The standard InChI is InChI=1S/C23H24Br2ClN3O2/c1-6-13(2)31-20-17(25)9-14(10-18(20)26)12-27-29-21(30)16-11-15(24)7-8-19(16)28-22(29)23(3,4)5/h7-13H,6H2,1-5H3/t13-/m1/s1. The molecule has 0 saturated heterocycles. The third-order valence-corrected chi connectivity index (χ3v) is 6.08. The molecule has 0 saturated carbocycles. The van der Waals surface area contributed by atoms with E-state index in [9.17, 15) is 4.79 Å². The fraction of sp³-hybridized carbons (Fsp3) is 0.348. The molecule has 0 fully saturated rings. The maximum absolute atomic E-state index is 13.2. The molecule has 0 radical (unpaired) electrons. The van der Waals surface area contributed by atoms with Crippen molar-refractivity contribution in [1.29, 1.82) is 0 Å². The third kappa shape index (κ3) is 5.38. The predicted molar refractivity (Wildman–Crippen MR) is 135 cm³/mol. The van der Waals surface area contributed by atoms with Crippen LogP contribution in [0.5, 0.6) is 5.75 Å². The first kappa shape index (κ1) is 24.0. The second-order valence-electron chi connectivity index (χ2n) is 8.36. The Morgan fingerprint density at radius 1 is 1.26 bits per heavy atom. The Morgan fingerprint density at radius 3 is 2.58 bits per heavy atom. The minimum atomic E-state index is -0.385. The average molecular weight is 570 g/mol. The third-order valence-electron chi connectivity index (χ3n) is 4.72. The van der Waals surface area contributed by atoms with Crippen molar-refractivity contribution >= 4 is 60.6 Å². The van der Waals surface area contributed by atoms with E-state index in [0.29, 0.717) is 27.5 Å². The Bertz CT molecular complexity index is 1190. The maximum atomic E-state index is 13.2. The van der Waals surface area contributed by atoms with Crippen molar-refractivity contribution in [2.75, 3.05) is 0 Å². The molecule has 0 aliphatic heterocycles. The summed E-state index contributed by atoms with van der Waals surface area (Å²) in [6, 6.07) is 9.09. The van der Waals surface area contributed by atoms with E-state index in [0.717, 1.165) is 20.9 Å². The van der Waals surface area contributed by atoms with E-state index < -0.39 is 0 Å². The van der Waals surface area contributed by atoms with Gasteiger partial charge in [-0.1, -0.05) is 55.2 Å². The summed E-state index contributed by atoms with van der Waals surface area (Å²) in [4.78, 5) is 18.0. The molecular formula is C23H24Br2ClN3O2. The number of halogens is 3. The van der Waals surface area contributed by atoms with Gasteiger partial charge in [0.25, 0.3) is 5.56 Å². The summed E-state index contributed by atoms with van der Waals surface area (Å²) in [5.74, 6) is 1.17. The Balaban J connectivity index is 2.10. The van der Waals surface area contributed by atoms with Gasteiger partial charge in [-0.3, -0.25) is 4.79 Å². The van der Waals surface area contributed by atoms with Crippen LogP contribution < -0.4 is 10.3 Å². The molecule has 2 aromatic carbocycles. The second kappa shape index (κ2) is 9.43. The van der Waals surface area contributed by atoms with Gasteiger partial charge in [0.05, 0.1) is 32.7 Å². The van der Waals surface area contributed by atoms with Gasteiger partial charge in [0, 0.05) is 9.89 Å². The number of nitrogens with zero attached hydrogens (tertiary/aromatic N) is 3.